The van der Waals surface area contributed by atoms with Crippen LogP contribution >= 0.6 is 11.6 Å². The zero-order valence-electron chi connectivity index (χ0n) is 14.8. The van der Waals surface area contributed by atoms with Gasteiger partial charge in [0.25, 0.3) is 0 Å². The summed E-state index contributed by atoms with van der Waals surface area (Å²) in [7, 11) is 2.11. The van der Waals surface area contributed by atoms with E-state index < -0.39 is 0 Å². The van der Waals surface area contributed by atoms with Gasteiger partial charge < -0.3 is 10.2 Å². The van der Waals surface area contributed by atoms with Crippen molar-refractivity contribution >= 4 is 17.5 Å². The summed E-state index contributed by atoms with van der Waals surface area (Å²) >= 11 is 6.24. The number of rotatable bonds is 7. The lowest BCUT2D eigenvalue weighted by atomic mass is 10.1. The molecule has 0 spiro atoms. The fourth-order valence-electron chi connectivity index (χ4n) is 3.19. The number of hydrogen-bond donors (Lipinski definition) is 1. The van der Waals surface area contributed by atoms with Crippen LogP contribution in [-0.2, 0) is 17.9 Å². The van der Waals surface area contributed by atoms with Crippen molar-refractivity contribution in [1.82, 2.24) is 10.2 Å². The molecule has 2 aromatic rings. The van der Waals surface area contributed by atoms with Crippen molar-refractivity contribution in [2.75, 3.05) is 13.6 Å². The number of carbonyl (C=O) groups excluding carboxylic acids is 1. The van der Waals surface area contributed by atoms with E-state index in [9.17, 15) is 4.79 Å². The lowest BCUT2D eigenvalue weighted by Gasteiger charge is -2.14. The molecule has 0 bridgehead atoms. The molecule has 2 atom stereocenters. The van der Waals surface area contributed by atoms with Crippen LogP contribution in [0.1, 0.15) is 36.0 Å². The molecular formula is C21H25ClN2O. The fraction of sp³-hybridized carbons (Fsp3) is 0.381. The van der Waals surface area contributed by atoms with Gasteiger partial charge in [0.05, 0.1) is 0 Å². The molecule has 0 aliphatic heterocycles. The van der Waals surface area contributed by atoms with Crippen molar-refractivity contribution in [2.45, 2.75) is 32.4 Å². The van der Waals surface area contributed by atoms with Crippen molar-refractivity contribution < 1.29 is 4.79 Å². The summed E-state index contributed by atoms with van der Waals surface area (Å²) in [5.74, 6) is 0.438. The largest absolute Gasteiger partial charge is 0.352 e. The van der Waals surface area contributed by atoms with Crippen molar-refractivity contribution in [3.05, 3.63) is 70.2 Å². The van der Waals surface area contributed by atoms with Crippen LogP contribution in [0.5, 0.6) is 0 Å². The number of halogens is 1. The quantitative estimate of drug-likeness (QED) is 0.805. The van der Waals surface area contributed by atoms with Gasteiger partial charge in [-0.05, 0) is 48.7 Å². The second-order valence-corrected chi connectivity index (χ2v) is 7.25. The molecule has 0 aromatic heterocycles. The van der Waals surface area contributed by atoms with Gasteiger partial charge in [0.2, 0.25) is 5.91 Å². The SMILES string of the molecule is CCN(C)Cc1cccc(CNC(=O)C2CC2c2ccccc2Cl)c1. The predicted molar refractivity (Wildman–Crippen MR) is 103 cm³/mol. The molecule has 3 nitrogen and oxygen atoms in total. The topological polar surface area (TPSA) is 32.3 Å². The maximum Gasteiger partial charge on any atom is 0.224 e. The average Bonchev–Trinajstić information content (AvgIpc) is 3.41. The Bertz CT molecular complexity index is 746. The molecule has 2 aromatic carbocycles. The van der Waals surface area contributed by atoms with Crippen LogP contribution in [0.25, 0.3) is 0 Å². The van der Waals surface area contributed by atoms with Crippen LogP contribution in [0.2, 0.25) is 5.02 Å². The zero-order valence-corrected chi connectivity index (χ0v) is 15.6. The molecule has 4 heteroatoms. The Balaban J connectivity index is 1.53. The molecule has 0 radical (unpaired) electrons. The van der Waals surface area contributed by atoms with Crippen LogP contribution in [0.4, 0.5) is 0 Å². The van der Waals surface area contributed by atoms with E-state index in [1.165, 1.54) is 5.56 Å². The summed E-state index contributed by atoms with van der Waals surface area (Å²) in [5.41, 5.74) is 3.51. The minimum absolute atomic E-state index is 0.0503. The highest BCUT2D eigenvalue weighted by Gasteiger charge is 2.44. The molecule has 1 N–H and O–H groups in total. The molecule has 2 unspecified atom stereocenters. The van der Waals surface area contributed by atoms with Gasteiger partial charge >= 0.3 is 0 Å². The van der Waals surface area contributed by atoms with E-state index in [0.29, 0.717) is 6.54 Å². The van der Waals surface area contributed by atoms with E-state index in [2.05, 4.69) is 48.5 Å². The summed E-state index contributed by atoms with van der Waals surface area (Å²) in [6.07, 6.45) is 0.886. The lowest BCUT2D eigenvalue weighted by Crippen LogP contribution is -2.25. The molecule has 1 aliphatic rings. The van der Waals surface area contributed by atoms with Gasteiger partial charge in [0.15, 0.2) is 0 Å². The van der Waals surface area contributed by atoms with E-state index in [1.54, 1.807) is 0 Å². The lowest BCUT2D eigenvalue weighted by molar-refractivity contribution is -0.122. The van der Waals surface area contributed by atoms with Gasteiger partial charge in [0.1, 0.15) is 0 Å². The van der Waals surface area contributed by atoms with E-state index in [-0.39, 0.29) is 17.7 Å². The maximum absolute atomic E-state index is 12.4. The third-order valence-corrected chi connectivity index (χ3v) is 5.23. The Hall–Kier alpha value is -1.84. The third kappa shape index (κ3) is 4.62. The maximum atomic E-state index is 12.4. The first-order chi connectivity index (χ1) is 12.1. The Kier molecular flexibility index (Phi) is 5.77. The number of nitrogens with zero attached hydrogens (tertiary/aromatic N) is 1. The fourth-order valence-corrected chi connectivity index (χ4v) is 3.46. The highest BCUT2D eigenvalue weighted by Crippen LogP contribution is 2.49. The van der Waals surface area contributed by atoms with E-state index >= 15 is 0 Å². The number of benzene rings is 2. The van der Waals surface area contributed by atoms with Crippen LogP contribution in [-0.4, -0.2) is 24.4 Å². The van der Waals surface area contributed by atoms with Gasteiger partial charge in [0, 0.05) is 24.0 Å². The standard InChI is InChI=1S/C21H25ClN2O/c1-3-24(2)14-16-8-6-7-15(11-16)13-23-21(25)19-12-18(19)17-9-4-5-10-20(17)22/h4-11,18-19H,3,12-14H2,1-2H3,(H,23,25). The summed E-state index contributed by atoms with van der Waals surface area (Å²) in [6.45, 7) is 4.67. The molecule has 0 saturated heterocycles. The van der Waals surface area contributed by atoms with Crippen molar-refractivity contribution in [2.24, 2.45) is 5.92 Å². The van der Waals surface area contributed by atoms with Crippen LogP contribution < -0.4 is 5.32 Å². The monoisotopic (exact) mass is 356 g/mol. The molecule has 1 fully saturated rings. The molecular weight excluding hydrogens is 332 g/mol. The molecule has 1 aliphatic carbocycles. The second kappa shape index (κ2) is 8.03. The number of amides is 1. The minimum atomic E-state index is 0.0503. The molecule has 132 valence electrons. The smallest absolute Gasteiger partial charge is 0.224 e. The van der Waals surface area contributed by atoms with Crippen LogP contribution in [0.3, 0.4) is 0 Å². The van der Waals surface area contributed by atoms with Gasteiger partial charge in [-0.25, -0.2) is 0 Å². The molecule has 0 heterocycles. The highest BCUT2D eigenvalue weighted by atomic mass is 35.5. The Morgan fingerprint density at radius 2 is 1.96 bits per heavy atom. The zero-order chi connectivity index (χ0) is 17.8. The Morgan fingerprint density at radius 3 is 2.72 bits per heavy atom. The molecule has 1 amide bonds. The van der Waals surface area contributed by atoms with Gasteiger partial charge in [-0.2, -0.15) is 0 Å². The average molecular weight is 357 g/mol. The first kappa shape index (κ1) is 18.0. The van der Waals surface area contributed by atoms with Gasteiger partial charge in [-0.15, -0.1) is 0 Å². The van der Waals surface area contributed by atoms with E-state index in [0.717, 1.165) is 35.7 Å². The normalized spacial score (nSPS) is 19.0. The molecule has 1 saturated carbocycles. The van der Waals surface area contributed by atoms with E-state index in [4.69, 9.17) is 11.6 Å². The van der Waals surface area contributed by atoms with Gasteiger partial charge in [-0.3, -0.25) is 4.79 Å². The first-order valence-corrected chi connectivity index (χ1v) is 9.24. The van der Waals surface area contributed by atoms with Gasteiger partial charge in [-0.1, -0.05) is 61.0 Å². The number of carbonyl (C=O) groups is 1. The second-order valence-electron chi connectivity index (χ2n) is 6.84. The highest BCUT2D eigenvalue weighted by molar-refractivity contribution is 6.31. The third-order valence-electron chi connectivity index (χ3n) is 4.88. The summed E-state index contributed by atoms with van der Waals surface area (Å²) in [4.78, 5) is 14.7. The Labute approximate surface area is 155 Å². The van der Waals surface area contributed by atoms with Crippen LogP contribution in [0, 0.1) is 5.92 Å². The van der Waals surface area contributed by atoms with Crippen molar-refractivity contribution in [3.8, 4) is 0 Å². The summed E-state index contributed by atoms with van der Waals surface area (Å²) < 4.78 is 0. The van der Waals surface area contributed by atoms with Crippen molar-refractivity contribution in [3.63, 3.8) is 0 Å². The summed E-state index contributed by atoms with van der Waals surface area (Å²) in [6, 6.07) is 16.2. The van der Waals surface area contributed by atoms with Crippen molar-refractivity contribution in [1.29, 1.82) is 0 Å². The Morgan fingerprint density at radius 1 is 1.20 bits per heavy atom. The first-order valence-electron chi connectivity index (χ1n) is 8.87. The number of nitrogens with one attached hydrogen (secondary N) is 1. The molecule has 25 heavy (non-hydrogen) atoms. The minimum Gasteiger partial charge on any atom is -0.352 e. The summed E-state index contributed by atoms with van der Waals surface area (Å²) in [5, 5.41) is 3.84. The number of hydrogen-bond acceptors (Lipinski definition) is 2. The van der Waals surface area contributed by atoms with E-state index in [1.807, 2.05) is 24.3 Å². The molecule has 3 rings (SSSR count). The van der Waals surface area contributed by atoms with Crippen LogP contribution in [0.15, 0.2) is 48.5 Å². The predicted octanol–water partition coefficient (Wildman–Crippen LogP) is 4.21.